The van der Waals surface area contributed by atoms with E-state index < -0.39 is 21.7 Å². The van der Waals surface area contributed by atoms with Crippen molar-refractivity contribution in [3.05, 3.63) is 0 Å². The van der Waals surface area contributed by atoms with Crippen LogP contribution in [-0.4, -0.2) is 26.8 Å². The Balaban J connectivity index is 2.45. The lowest BCUT2D eigenvalue weighted by Gasteiger charge is -2.18. The molecule has 0 aromatic carbocycles. The minimum absolute atomic E-state index is 0.596. The molecule has 1 heterocycles. The van der Waals surface area contributed by atoms with Gasteiger partial charge in [-0.2, -0.15) is 0 Å². The Bertz CT molecular complexity index is 246. The number of ether oxygens (including phenoxy) is 1. The molecule has 0 aliphatic carbocycles. The zero-order chi connectivity index (χ0) is 11.1. The Labute approximate surface area is 96.9 Å². The Kier molecular flexibility index (Phi) is 3.12. The molecule has 7 heteroatoms. The normalized spacial score (nSPS) is 22.1. The van der Waals surface area contributed by atoms with Crippen LogP contribution in [0.3, 0.4) is 0 Å². The van der Waals surface area contributed by atoms with E-state index in [4.69, 9.17) is 44.4 Å². The third kappa shape index (κ3) is 3.35. The van der Waals surface area contributed by atoms with Gasteiger partial charge in [0.1, 0.15) is 5.60 Å². The van der Waals surface area contributed by atoms with Crippen molar-refractivity contribution in [3.8, 4) is 0 Å². The van der Waals surface area contributed by atoms with E-state index in [1.54, 1.807) is 20.8 Å². The maximum atomic E-state index is 11.3. The average molecular weight is 263 g/mol. The molecular formula is C7H10Cl3NO3. The molecule has 1 fully saturated rings. The summed E-state index contributed by atoms with van der Waals surface area (Å²) in [6.07, 6.45) is -1.52. The number of nitrogens with zero attached hydrogens (tertiary/aromatic N) is 1. The van der Waals surface area contributed by atoms with E-state index in [1.165, 1.54) is 0 Å². The van der Waals surface area contributed by atoms with Gasteiger partial charge in [0.05, 0.1) is 0 Å². The molecule has 1 atom stereocenters. The van der Waals surface area contributed by atoms with Gasteiger partial charge in [-0.1, -0.05) is 34.8 Å². The lowest BCUT2D eigenvalue weighted by Crippen LogP contribution is -2.30. The van der Waals surface area contributed by atoms with Crippen LogP contribution in [-0.2, 0) is 9.57 Å². The van der Waals surface area contributed by atoms with Gasteiger partial charge in [-0.25, -0.2) is 9.63 Å². The summed E-state index contributed by atoms with van der Waals surface area (Å²) in [5.41, 5.74) is -0.596. The SMILES string of the molecule is CC(C)(C)OC(=O)N1O[C@@H]1C(Cl)(Cl)Cl. The van der Waals surface area contributed by atoms with Crippen LogP contribution in [0.5, 0.6) is 0 Å². The van der Waals surface area contributed by atoms with Gasteiger partial charge in [0.2, 0.25) is 10.0 Å². The highest BCUT2D eigenvalue weighted by Crippen LogP contribution is 2.42. The fourth-order valence-electron chi connectivity index (χ4n) is 0.719. The molecule has 0 saturated carbocycles. The lowest BCUT2D eigenvalue weighted by atomic mass is 10.2. The summed E-state index contributed by atoms with van der Waals surface area (Å²) in [5, 5.41) is 0.887. The van der Waals surface area contributed by atoms with Crippen LogP contribution in [0.25, 0.3) is 0 Å². The number of rotatable bonds is 0. The van der Waals surface area contributed by atoms with Crippen molar-refractivity contribution in [2.24, 2.45) is 0 Å². The summed E-state index contributed by atoms with van der Waals surface area (Å²) in [6, 6.07) is 0. The summed E-state index contributed by atoms with van der Waals surface area (Å²) in [7, 11) is 0. The van der Waals surface area contributed by atoms with Crippen molar-refractivity contribution in [3.63, 3.8) is 0 Å². The number of hydrogen-bond acceptors (Lipinski definition) is 3. The quantitative estimate of drug-likeness (QED) is 0.498. The van der Waals surface area contributed by atoms with Gasteiger partial charge < -0.3 is 4.74 Å². The van der Waals surface area contributed by atoms with Crippen molar-refractivity contribution in [1.29, 1.82) is 0 Å². The van der Waals surface area contributed by atoms with Gasteiger partial charge in [0.25, 0.3) is 0 Å². The Morgan fingerprint density at radius 1 is 1.36 bits per heavy atom. The standard InChI is InChI=1S/C7H10Cl3NO3/c1-6(2,3)13-5(12)11-4(14-11)7(8,9)10/h4H,1-3H3/t4-,11?/m1/s1. The number of amides is 1. The van der Waals surface area contributed by atoms with Gasteiger partial charge >= 0.3 is 6.09 Å². The first-order valence-electron chi connectivity index (χ1n) is 3.87. The highest BCUT2D eigenvalue weighted by Gasteiger charge is 2.56. The molecule has 1 amide bonds. The molecule has 1 saturated heterocycles. The Morgan fingerprint density at radius 3 is 2.14 bits per heavy atom. The predicted octanol–water partition coefficient (Wildman–Crippen LogP) is 2.87. The molecule has 0 N–H and O–H groups in total. The smallest absolute Gasteiger partial charge is 0.437 e. The molecule has 0 unspecified atom stereocenters. The number of carbonyl (C=O) groups excluding carboxylic acids is 1. The van der Waals surface area contributed by atoms with E-state index in [1.807, 2.05) is 0 Å². The third-order valence-electron chi connectivity index (χ3n) is 1.23. The van der Waals surface area contributed by atoms with Crippen molar-refractivity contribution in [1.82, 2.24) is 5.06 Å². The van der Waals surface area contributed by atoms with Crippen LogP contribution in [0, 0.1) is 0 Å². The van der Waals surface area contributed by atoms with E-state index in [9.17, 15) is 4.79 Å². The minimum atomic E-state index is -1.64. The molecule has 1 aliphatic rings. The van der Waals surface area contributed by atoms with E-state index in [2.05, 4.69) is 0 Å². The molecule has 0 aromatic heterocycles. The zero-order valence-electron chi connectivity index (χ0n) is 7.88. The molecule has 0 aromatic rings. The Hall–Kier alpha value is 0.1000. The predicted molar refractivity (Wildman–Crippen MR) is 53.2 cm³/mol. The molecule has 82 valence electrons. The van der Waals surface area contributed by atoms with Crippen LogP contribution >= 0.6 is 34.8 Å². The average Bonchev–Trinajstić information content (AvgIpc) is 2.55. The fraction of sp³-hybridized carbons (Fsp3) is 0.857. The van der Waals surface area contributed by atoms with Crippen molar-refractivity contribution >= 4 is 40.9 Å². The molecule has 1 aliphatic heterocycles. The van der Waals surface area contributed by atoms with Crippen LogP contribution in [0.2, 0.25) is 0 Å². The molecule has 4 nitrogen and oxygen atoms in total. The first-order valence-corrected chi connectivity index (χ1v) is 5.00. The highest BCUT2D eigenvalue weighted by atomic mass is 35.6. The third-order valence-corrected chi connectivity index (χ3v) is 1.79. The second-order valence-electron chi connectivity index (χ2n) is 3.81. The van der Waals surface area contributed by atoms with Crippen LogP contribution in [0.4, 0.5) is 4.79 Å². The zero-order valence-corrected chi connectivity index (χ0v) is 10.2. The molecule has 14 heavy (non-hydrogen) atoms. The van der Waals surface area contributed by atoms with Gasteiger partial charge in [-0.15, -0.1) is 5.06 Å². The monoisotopic (exact) mass is 261 g/mol. The summed E-state index contributed by atoms with van der Waals surface area (Å²) in [5.74, 6) is 0. The largest absolute Gasteiger partial charge is 0.442 e. The van der Waals surface area contributed by atoms with E-state index in [-0.39, 0.29) is 0 Å². The molecule has 0 bridgehead atoms. The van der Waals surface area contributed by atoms with Crippen LogP contribution < -0.4 is 0 Å². The highest BCUT2D eigenvalue weighted by molar-refractivity contribution is 6.68. The topological polar surface area (TPSA) is 41.8 Å². The number of carbonyl (C=O) groups is 1. The van der Waals surface area contributed by atoms with E-state index in [0.29, 0.717) is 0 Å². The molecule has 0 radical (unpaired) electrons. The number of halogens is 3. The van der Waals surface area contributed by atoms with E-state index >= 15 is 0 Å². The summed E-state index contributed by atoms with van der Waals surface area (Å²) < 4.78 is 3.33. The van der Waals surface area contributed by atoms with Crippen molar-refractivity contribution in [2.75, 3.05) is 0 Å². The molecule has 0 spiro atoms. The summed E-state index contributed by atoms with van der Waals surface area (Å²) in [4.78, 5) is 16.0. The second-order valence-corrected chi connectivity index (χ2v) is 6.17. The summed E-state index contributed by atoms with van der Waals surface area (Å²) >= 11 is 16.5. The number of alkyl halides is 3. The van der Waals surface area contributed by atoms with E-state index in [0.717, 1.165) is 5.06 Å². The first-order chi connectivity index (χ1) is 6.11. The minimum Gasteiger partial charge on any atom is -0.442 e. The Morgan fingerprint density at radius 2 is 1.86 bits per heavy atom. The molecule has 1 rings (SSSR count). The maximum absolute atomic E-state index is 11.3. The van der Waals surface area contributed by atoms with Gasteiger partial charge in [0.15, 0.2) is 0 Å². The van der Waals surface area contributed by atoms with Crippen LogP contribution in [0.15, 0.2) is 0 Å². The van der Waals surface area contributed by atoms with Crippen LogP contribution in [0.1, 0.15) is 20.8 Å². The summed E-state index contributed by atoms with van der Waals surface area (Å²) in [6.45, 7) is 5.20. The van der Waals surface area contributed by atoms with Gasteiger partial charge in [-0.3, -0.25) is 0 Å². The van der Waals surface area contributed by atoms with Gasteiger partial charge in [-0.05, 0) is 20.8 Å². The fourth-order valence-corrected chi connectivity index (χ4v) is 1.10. The number of hydrogen-bond donors (Lipinski definition) is 0. The lowest BCUT2D eigenvalue weighted by molar-refractivity contribution is 0.0209. The maximum Gasteiger partial charge on any atom is 0.437 e. The molecular weight excluding hydrogens is 252 g/mol. The number of hydroxylamine groups is 2. The van der Waals surface area contributed by atoms with Crippen molar-refractivity contribution < 1.29 is 14.4 Å². The first kappa shape index (κ1) is 12.2. The second kappa shape index (κ2) is 3.59. The van der Waals surface area contributed by atoms with Gasteiger partial charge in [0, 0.05) is 0 Å². The van der Waals surface area contributed by atoms with Crippen molar-refractivity contribution in [2.45, 2.75) is 36.4 Å².